The van der Waals surface area contributed by atoms with Crippen molar-refractivity contribution in [2.45, 2.75) is 44.6 Å². The Morgan fingerprint density at radius 1 is 1.29 bits per heavy atom. The Kier molecular flexibility index (Phi) is 1.94. The van der Waals surface area contributed by atoms with E-state index in [1.165, 1.54) is 5.56 Å². The van der Waals surface area contributed by atoms with Crippen molar-refractivity contribution in [3.8, 4) is 0 Å². The van der Waals surface area contributed by atoms with Gasteiger partial charge in [0.15, 0.2) is 5.65 Å². The molecule has 1 saturated carbocycles. The summed E-state index contributed by atoms with van der Waals surface area (Å²) in [4.78, 5) is 0. The second-order valence-corrected chi connectivity index (χ2v) is 6.07. The van der Waals surface area contributed by atoms with Crippen molar-refractivity contribution in [1.82, 2.24) is 14.6 Å². The van der Waals surface area contributed by atoms with Crippen LogP contribution >= 0.6 is 0 Å². The molecule has 4 heteroatoms. The van der Waals surface area contributed by atoms with Crippen LogP contribution in [0.25, 0.3) is 5.65 Å². The fraction of sp³-hybridized carbons (Fsp3) is 0.538. The third-order valence-electron chi connectivity index (χ3n) is 3.44. The highest BCUT2D eigenvalue weighted by Gasteiger charge is 2.40. The molecular formula is C13H18N4. The van der Waals surface area contributed by atoms with E-state index in [9.17, 15) is 0 Å². The number of fused-ring (bicyclic) bond motifs is 1. The van der Waals surface area contributed by atoms with Gasteiger partial charge in [-0.15, -0.1) is 10.2 Å². The third kappa shape index (κ3) is 1.63. The molecule has 2 aromatic rings. The van der Waals surface area contributed by atoms with Gasteiger partial charge >= 0.3 is 0 Å². The first-order valence-electron chi connectivity index (χ1n) is 6.05. The van der Waals surface area contributed by atoms with Gasteiger partial charge in [0.1, 0.15) is 5.82 Å². The summed E-state index contributed by atoms with van der Waals surface area (Å²) >= 11 is 0. The predicted octanol–water partition coefficient (Wildman–Crippen LogP) is 1.97. The Morgan fingerprint density at radius 3 is 2.59 bits per heavy atom. The fourth-order valence-corrected chi connectivity index (χ4v) is 2.14. The van der Waals surface area contributed by atoms with Gasteiger partial charge in [-0.25, -0.2) is 0 Å². The Labute approximate surface area is 101 Å². The van der Waals surface area contributed by atoms with Crippen molar-refractivity contribution < 1.29 is 0 Å². The highest BCUT2D eigenvalue weighted by atomic mass is 15.2. The van der Waals surface area contributed by atoms with E-state index < -0.39 is 0 Å². The van der Waals surface area contributed by atoms with Crippen LogP contribution in [-0.2, 0) is 11.0 Å². The van der Waals surface area contributed by atoms with Gasteiger partial charge in [0.25, 0.3) is 0 Å². The summed E-state index contributed by atoms with van der Waals surface area (Å²) in [6.45, 7) is 6.42. The van der Waals surface area contributed by atoms with Crippen LogP contribution in [0, 0.1) is 0 Å². The number of pyridine rings is 1. The summed E-state index contributed by atoms with van der Waals surface area (Å²) in [5, 5.41) is 8.53. The van der Waals surface area contributed by atoms with Crippen LogP contribution < -0.4 is 5.73 Å². The molecule has 0 bridgehead atoms. The molecular weight excluding hydrogens is 212 g/mol. The van der Waals surface area contributed by atoms with Crippen molar-refractivity contribution in [2.75, 3.05) is 0 Å². The monoisotopic (exact) mass is 230 g/mol. The molecule has 2 N–H and O–H groups in total. The van der Waals surface area contributed by atoms with E-state index in [0.717, 1.165) is 24.3 Å². The minimum atomic E-state index is -0.102. The molecule has 1 fully saturated rings. The molecule has 0 amide bonds. The molecule has 2 aromatic heterocycles. The van der Waals surface area contributed by atoms with Crippen molar-refractivity contribution in [1.29, 1.82) is 0 Å². The van der Waals surface area contributed by atoms with Gasteiger partial charge in [-0.1, -0.05) is 20.8 Å². The lowest BCUT2D eigenvalue weighted by molar-refractivity contribution is 0.538. The Hall–Kier alpha value is -1.42. The first kappa shape index (κ1) is 10.7. The van der Waals surface area contributed by atoms with Gasteiger partial charge < -0.3 is 5.73 Å². The topological polar surface area (TPSA) is 56.2 Å². The van der Waals surface area contributed by atoms with E-state index in [1.807, 2.05) is 6.20 Å². The SMILES string of the molecule is CC(C)(C)c1nnc2cc(C3(N)CC3)ccn12. The summed E-state index contributed by atoms with van der Waals surface area (Å²) in [5.74, 6) is 0.987. The average molecular weight is 230 g/mol. The Balaban J connectivity index is 2.14. The summed E-state index contributed by atoms with van der Waals surface area (Å²) in [6.07, 6.45) is 4.19. The number of rotatable bonds is 1. The molecule has 0 aliphatic heterocycles. The van der Waals surface area contributed by atoms with Gasteiger partial charge in [0, 0.05) is 17.2 Å². The van der Waals surface area contributed by atoms with Crippen LogP contribution in [0.5, 0.6) is 0 Å². The molecule has 4 nitrogen and oxygen atoms in total. The van der Waals surface area contributed by atoms with E-state index in [4.69, 9.17) is 5.73 Å². The van der Waals surface area contributed by atoms with Gasteiger partial charge in [0.05, 0.1) is 0 Å². The fourth-order valence-electron chi connectivity index (χ4n) is 2.14. The van der Waals surface area contributed by atoms with Crippen LogP contribution in [-0.4, -0.2) is 14.6 Å². The van der Waals surface area contributed by atoms with E-state index in [1.54, 1.807) is 0 Å². The van der Waals surface area contributed by atoms with Crippen LogP contribution in [0.15, 0.2) is 18.3 Å². The van der Waals surface area contributed by atoms with Crippen LogP contribution in [0.4, 0.5) is 0 Å². The first-order valence-corrected chi connectivity index (χ1v) is 6.05. The van der Waals surface area contributed by atoms with E-state index in [0.29, 0.717) is 0 Å². The second-order valence-electron chi connectivity index (χ2n) is 6.07. The molecule has 1 aliphatic rings. The maximum Gasteiger partial charge on any atom is 0.161 e. The quantitative estimate of drug-likeness (QED) is 0.815. The van der Waals surface area contributed by atoms with Crippen molar-refractivity contribution in [2.24, 2.45) is 5.73 Å². The molecule has 1 aliphatic carbocycles. The van der Waals surface area contributed by atoms with Crippen molar-refractivity contribution in [3.63, 3.8) is 0 Å². The molecule has 0 aromatic carbocycles. The van der Waals surface area contributed by atoms with Crippen LogP contribution in [0.1, 0.15) is 45.0 Å². The zero-order chi connectivity index (χ0) is 12.3. The zero-order valence-corrected chi connectivity index (χ0v) is 10.6. The molecule has 90 valence electrons. The highest BCUT2D eigenvalue weighted by molar-refractivity contribution is 5.45. The average Bonchev–Trinajstić information content (AvgIpc) is 2.85. The second kappa shape index (κ2) is 3.07. The number of hydrogen-bond donors (Lipinski definition) is 1. The molecule has 17 heavy (non-hydrogen) atoms. The smallest absolute Gasteiger partial charge is 0.161 e. The maximum absolute atomic E-state index is 6.19. The highest BCUT2D eigenvalue weighted by Crippen LogP contribution is 2.42. The lowest BCUT2D eigenvalue weighted by Crippen LogP contribution is -2.19. The summed E-state index contributed by atoms with van der Waals surface area (Å²) in [6, 6.07) is 4.16. The first-order chi connectivity index (χ1) is 7.90. The molecule has 0 unspecified atom stereocenters. The van der Waals surface area contributed by atoms with Crippen molar-refractivity contribution in [3.05, 3.63) is 29.7 Å². The van der Waals surface area contributed by atoms with Crippen LogP contribution in [0.2, 0.25) is 0 Å². The van der Waals surface area contributed by atoms with Gasteiger partial charge in [-0.05, 0) is 30.5 Å². The third-order valence-corrected chi connectivity index (χ3v) is 3.44. The largest absolute Gasteiger partial charge is 0.321 e. The van der Waals surface area contributed by atoms with E-state index >= 15 is 0 Å². The van der Waals surface area contributed by atoms with E-state index in [2.05, 4.69) is 47.5 Å². The molecule has 3 rings (SSSR count). The molecule has 0 saturated heterocycles. The molecule has 0 radical (unpaired) electrons. The minimum Gasteiger partial charge on any atom is -0.321 e. The number of nitrogens with zero attached hydrogens (tertiary/aromatic N) is 3. The normalized spacial score (nSPS) is 18.6. The Bertz CT molecular complexity index is 573. The van der Waals surface area contributed by atoms with Gasteiger partial charge in [0.2, 0.25) is 0 Å². The lowest BCUT2D eigenvalue weighted by Gasteiger charge is -2.16. The van der Waals surface area contributed by atoms with Gasteiger partial charge in [-0.3, -0.25) is 4.40 Å². The lowest BCUT2D eigenvalue weighted by atomic mass is 9.96. The standard InChI is InChI=1S/C13H18N4/c1-12(2,3)11-16-15-10-8-9(4-7-17(10)11)13(14)5-6-13/h4,7-8H,5-6,14H2,1-3H3. The summed E-state index contributed by atoms with van der Waals surface area (Å²) in [5.41, 5.74) is 8.16. The van der Waals surface area contributed by atoms with Crippen LogP contribution in [0.3, 0.4) is 0 Å². The Morgan fingerprint density at radius 2 is 2.00 bits per heavy atom. The van der Waals surface area contributed by atoms with Gasteiger partial charge in [-0.2, -0.15) is 0 Å². The maximum atomic E-state index is 6.19. The molecule has 0 atom stereocenters. The summed E-state index contributed by atoms with van der Waals surface area (Å²) < 4.78 is 2.05. The summed E-state index contributed by atoms with van der Waals surface area (Å²) in [7, 11) is 0. The molecule has 2 heterocycles. The number of nitrogens with two attached hydrogens (primary N) is 1. The molecule has 0 spiro atoms. The number of hydrogen-bond acceptors (Lipinski definition) is 3. The zero-order valence-electron chi connectivity index (χ0n) is 10.6. The predicted molar refractivity (Wildman–Crippen MR) is 66.8 cm³/mol. The van der Waals surface area contributed by atoms with Crippen molar-refractivity contribution >= 4 is 5.65 Å². The minimum absolute atomic E-state index is 0.000909. The van der Waals surface area contributed by atoms with E-state index in [-0.39, 0.29) is 11.0 Å². The number of aromatic nitrogens is 3.